The lowest BCUT2D eigenvalue weighted by molar-refractivity contribution is -0.116. The number of H-pyrrole nitrogens is 1. The molecule has 154 valence electrons. The van der Waals surface area contributed by atoms with Gasteiger partial charge in [0, 0.05) is 41.9 Å². The predicted molar refractivity (Wildman–Crippen MR) is 119 cm³/mol. The molecule has 0 atom stereocenters. The van der Waals surface area contributed by atoms with Gasteiger partial charge in [0.25, 0.3) is 0 Å². The second kappa shape index (κ2) is 8.35. The molecule has 1 fully saturated rings. The van der Waals surface area contributed by atoms with Crippen molar-refractivity contribution in [2.24, 2.45) is 5.92 Å². The van der Waals surface area contributed by atoms with E-state index in [2.05, 4.69) is 35.6 Å². The van der Waals surface area contributed by atoms with E-state index < -0.39 is 0 Å². The van der Waals surface area contributed by atoms with Crippen LogP contribution in [-0.2, 0) is 4.79 Å². The molecular weight excluding hydrogens is 390 g/mol. The molecule has 0 unspecified atom stereocenters. The summed E-state index contributed by atoms with van der Waals surface area (Å²) in [4.78, 5) is 32.8. The molecule has 0 bridgehead atoms. The van der Waals surface area contributed by atoms with Gasteiger partial charge in [0.15, 0.2) is 0 Å². The number of hydrogen-bond donors (Lipinski definition) is 3. The SMILES string of the molecule is O=C(CC1CC1)Nc1cccc(Nc2nccc(-c3cnc(-c4cccnc4)[nH]3)n2)c1. The second-order valence-corrected chi connectivity index (χ2v) is 7.55. The summed E-state index contributed by atoms with van der Waals surface area (Å²) < 4.78 is 0. The highest BCUT2D eigenvalue weighted by Crippen LogP contribution is 2.32. The van der Waals surface area contributed by atoms with Gasteiger partial charge in [-0.25, -0.2) is 15.0 Å². The maximum atomic E-state index is 12.1. The number of imidazole rings is 1. The van der Waals surface area contributed by atoms with E-state index in [1.807, 2.05) is 42.5 Å². The molecule has 1 aliphatic rings. The van der Waals surface area contributed by atoms with Crippen LogP contribution >= 0.6 is 0 Å². The fourth-order valence-electron chi connectivity index (χ4n) is 3.27. The molecule has 1 aromatic carbocycles. The summed E-state index contributed by atoms with van der Waals surface area (Å²) in [5, 5.41) is 6.16. The standard InChI is InChI=1S/C23H21N7O/c31-21(11-15-6-7-15)27-17-4-1-5-18(12-17)28-23-25-10-8-19(30-23)20-14-26-22(29-20)16-3-2-9-24-13-16/h1-5,8-10,12-15H,6-7,11H2,(H,26,29)(H,27,31)(H,25,28,30). The summed E-state index contributed by atoms with van der Waals surface area (Å²) in [6.07, 6.45) is 9.82. The molecule has 0 radical (unpaired) electrons. The first kappa shape index (κ1) is 18.9. The molecule has 31 heavy (non-hydrogen) atoms. The van der Waals surface area contributed by atoms with Crippen molar-refractivity contribution in [1.82, 2.24) is 24.9 Å². The van der Waals surface area contributed by atoms with Gasteiger partial charge in [0.1, 0.15) is 5.82 Å². The smallest absolute Gasteiger partial charge is 0.227 e. The van der Waals surface area contributed by atoms with E-state index >= 15 is 0 Å². The molecule has 1 saturated carbocycles. The Balaban J connectivity index is 1.30. The van der Waals surface area contributed by atoms with E-state index in [1.54, 1.807) is 24.8 Å². The van der Waals surface area contributed by atoms with Crippen LogP contribution in [0.1, 0.15) is 19.3 Å². The van der Waals surface area contributed by atoms with Gasteiger partial charge in [0.2, 0.25) is 11.9 Å². The summed E-state index contributed by atoms with van der Waals surface area (Å²) >= 11 is 0. The number of amides is 1. The highest BCUT2D eigenvalue weighted by molar-refractivity contribution is 5.91. The summed E-state index contributed by atoms with van der Waals surface area (Å²) in [5.74, 6) is 1.79. The minimum absolute atomic E-state index is 0.0570. The number of hydrogen-bond acceptors (Lipinski definition) is 6. The maximum Gasteiger partial charge on any atom is 0.227 e. The lowest BCUT2D eigenvalue weighted by Crippen LogP contribution is -2.12. The zero-order valence-electron chi connectivity index (χ0n) is 16.7. The largest absolute Gasteiger partial charge is 0.337 e. The molecule has 1 amide bonds. The van der Waals surface area contributed by atoms with Crippen LogP contribution in [-0.4, -0.2) is 30.8 Å². The normalized spacial score (nSPS) is 13.0. The fourth-order valence-corrected chi connectivity index (χ4v) is 3.27. The van der Waals surface area contributed by atoms with Crippen LogP contribution < -0.4 is 10.6 Å². The first-order valence-corrected chi connectivity index (χ1v) is 10.2. The Morgan fingerprint density at radius 3 is 2.77 bits per heavy atom. The molecule has 0 spiro atoms. The first-order valence-electron chi connectivity index (χ1n) is 10.2. The molecule has 1 aliphatic carbocycles. The van der Waals surface area contributed by atoms with Gasteiger partial charge in [-0.1, -0.05) is 6.07 Å². The molecule has 8 heteroatoms. The minimum atomic E-state index is 0.0570. The molecule has 5 rings (SSSR count). The third kappa shape index (κ3) is 4.75. The van der Waals surface area contributed by atoms with E-state index in [4.69, 9.17) is 0 Å². The van der Waals surface area contributed by atoms with Crippen molar-refractivity contribution in [2.75, 3.05) is 10.6 Å². The van der Waals surface area contributed by atoms with E-state index in [9.17, 15) is 4.79 Å². The molecule has 3 N–H and O–H groups in total. The molecule has 0 saturated heterocycles. The molecule has 4 aromatic rings. The van der Waals surface area contributed by atoms with Gasteiger partial charge >= 0.3 is 0 Å². The van der Waals surface area contributed by atoms with E-state index in [0.29, 0.717) is 24.0 Å². The zero-order valence-corrected chi connectivity index (χ0v) is 16.7. The highest BCUT2D eigenvalue weighted by Gasteiger charge is 2.24. The summed E-state index contributed by atoms with van der Waals surface area (Å²) in [7, 11) is 0. The molecule has 0 aliphatic heterocycles. The third-order valence-electron chi connectivity index (χ3n) is 5.02. The zero-order chi connectivity index (χ0) is 21.0. The van der Waals surface area contributed by atoms with Gasteiger partial charge in [-0.05, 0) is 55.2 Å². The lowest BCUT2D eigenvalue weighted by Gasteiger charge is -2.09. The van der Waals surface area contributed by atoms with Crippen molar-refractivity contribution in [1.29, 1.82) is 0 Å². The number of benzene rings is 1. The average molecular weight is 411 g/mol. The monoisotopic (exact) mass is 411 g/mol. The summed E-state index contributed by atoms with van der Waals surface area (Å²) in [5.41, 5.74) is 3.95. The quantitative estimate of drug-likeness (QED) is 0.416. The number of aromatic amines is 1. The maximum absolute atomic E-state index is 12.1. The Bertz CT molecular complexity index is 1200. The van der Waals surface area contributed by atoms with Gasteiger partial charge in [-0.2, -0.15) is 0 Å². The van der Waals surface area contributed by atoms with Crippen molar-refractivity contribution in [3.05, 3.63) is 67.3 Å². The van der Waals surface area contributed by atoms with Crippen LogP contribution in [0.3, 0.4) is 0 Å². The van der Waals surface area contributed by atoms with Crippen molar-refractivity contribution in [3.63, 3.8) is 0 Å². The number of rotatable bonds is 7. The van der Waals surface area contributed by atoms with Gasteiger partial charge in [-0.15, -0.1) is 0 Å². The van der Waals surface area contributed by atoms with Crippen molar-refractivity contribution in [3.8, 4) is 22.8 Å². The van der Waals surface area contributed by atoms with E-state index in [1.165, 1.54) is 0 Å². The number of nitrogens with zero attached hydrogens (tertiary/aromatic N) is 4. The first-order chi connectivity index (χ1) is 15.2. The Labute approximate surface area is 179 Å². The second-order valence-electron chi connectivity index (χ2n) is 7.55. The van der Waals surface area contributed by atoms with Crippen LogP contribution in [0.4, 0.5) is 17.3 Å². The molecular formula is C23H21N7O. The number of anilines is 3. The van der Waals surface area contributed by atoms with Crippen LogP contribution in [0.2, 0.25) is 0 Å². The van der Waals surface area contributed by atoms with Crippen LogP contribution in [0.15, 0.2) is 67.3 Å². The molecule has 8 nitrogen and oxygen atoms in total. The Hall–Kier alpha value is -4.07. The predicted octanol–water partition coefficient (Wildman–Crippen LogP) is 4.41. The number of aromatic nitrogens is 5. The Kier molecular flexibility index (Phi) is 5.10. The fraction of sp³-hybridized carbons (Fsp3) is 0.174. The topological polar surface area (TPSA) is 108 Å². The van der Waals surface area contributed by atoms with Crippen LogP contribution in [0.25, 0.3) is 22.8 Å². The van der Waals surface area contributed by atoms with Crippen LogP contribution in [0.5, 0.6) is 0 Å². The number of carbonyl (C=O) groups is 1. The van der Waals surface area contributed by atoms with Crippen molar-refractivity contribution in [2.45, 2.75) is 19.3 Å². The molecule has 3 aromatic heterocycles. The summed E-state index contributed by atoms with van der Waals surface area (Å²) in [6.45, 7) is 0. The lowest BCUT2D eigenvalue weighted by atomic mass is 10.2. The van der Waals surface area contributed by atoms with Gasteiger partial charge in [0.05, 0.1) is 17.6 Å². The van der Waals surface area contributed by atoms with Gasteiger partial charge in [-0.3, -0.25) is 9.78 Å². The van der Waals surface area contributed by atoms with Crippen molar-refractivity contribution >= 4 is 23.2 Å². The average Bonchev–Trinajstić information content (AvgIpc) is 3.45. The highest BCUT2D eigenvalue weighted by atomic mass is 16.1. The van der Waals surface area contributed by atoms with Crippen molar-refractivity contribution < 1.29 is 4.79 Å². The Morgan fingerprint density at radius 2 is 1.94 bits per heavy atom. The molecule has 3 heterocycles. The van der Waals surface area contributed by atoms with E-state index in [-0.39, 0.29) is 5.91 Å². The van der Waals surface area contributed by atoms with Crippen LogP contribution in [0, 0.1) is 5.92 Å². The summed E-state index contributed by atoms with van der Waals surface area (Å²) in [6, 6.07) is 13.2. The Morgan fingerprint density at radius 1 is 1.03 bits per heavy atom. The minimum Gasteiger partial charge on any atom is -0.337 e. The van der Waals surface area contributed by atoms with Gasteiger partial charge < -0.3 is 15.6 Å². The third-order valence-corrected chi connectivity index (χ3v) is 5.02. The number of nitrogens with one attached hydrogen (secondary N) is 3. The number of pyridine rings is 1. The van der Waals surface area contributed by atoms with E-state index in [0.717, 1.165) is 41.3 Å². The number of carbonyl (C=O) groups excluding carboxylic acids is 1.